The number of benzene rings is 2. The molecule has 32 heavy (non-hydrogen) atoms. The van der Waals surface area contributed by atoms with Crippen molar-refractivity contribution in [2.45, 2.75) is 37.4 Å². The fourth-order valence-electron chi connectivity index (χ4n) is 4.74. The number of piperidine rings is 1. The van der Waals surface area contributed by atoms with Gasteiger partial charge in [0.2, 0.25) is 0 Å². The number of hydrogen-bond donors (Lipinski definition) is 0. The number of nitriles is 2. The average Bonchev–Trinajstić information content (AvgIpc) is 2.82. The third-order valence-electron chi connectivity index (χ3n) is 6.90. The largest absolute Gasteiger partial charge is 0.371 e. The molecule has 0 amide bonds. The van der Waals surface area contributed by atoms with E-state index in [2.05, 4.69) is 64.1 Å². The van der Waals surface area contributed by atoms with Crippen molar-refractivity contribution in [1.29, 1.82) is 10.5 Å². The molecule has 2 aliphatic rings. The molecule has 160 valence electrons. The van der Waals surface area contributed by atoms with E-state index in [1.807, 2.05) is 6.07 Å². The van der Waals surface area contributed by atoms with Crippen LogP contribution in [0.5, 0.6) is 0 Å². The fraction of sp³-hybridized carbons (Fsp3) is 0.370. The number of thioether (sulfide) groups is 1. The minimum absolute atomic E-state index is 0.429. The Morgan fingerprint density at radius 2 is 1.59 bits per heavy atom. The predicted octanol–water partition coefficient (Wildman–Crippen LogP) is 6.15. The van der Waals surface area contributed by atoms with Crippen molar-refractivity contribution < 1.29 is 0 Å². The minimum atomic E-state index is 0.429. The molecule has 0 atom stereocenters. The molecule has 1 aliphatic heterocycles. The standard InChI is InChI=1S/C27H26N4S/c28-14-23-16-30-17-24(15-29)27(23)22-5-4-21-13-25(7-6-20(21)12-22)31-10-8-26(9-11-31)32-18-19-2-1-3-19/h4-7,12-13,16-17,19,26H,1-3,8-11,18H2. The smallest absolute Gasteiger partial charge is 0.101 e. The molecule has 0 unspecified atom stereocenters. The zero-order valence-corrected chi connectivity index (χ0v) is 18.9. The Kier molecular flexibility index (Phi) is 6.02. The third-order valence-corrected chi connectivity index (χ3v) is 8.51. The van der Waals surface area contributed by atoms with Crippen molar-refractivity contribution in [3.05, 3.63) is 59.9 Å². The van der Waals surface area contributed by atoms with E-state index in [-0.39, 0.29) is 0 Å². The summed E-state index contributed by atoms with van der Waals surface area (Å²) in [5.74, 6) is 2.35. The van der Waals surface area contributed by atoms with Crippen LogP contribution in [0.4, 0.5) is 5.69 Å². The van der Waals surface area contributed by atoms with E-state index >= 15 is 0 Å². The van der Waals surface area contributed by atoms with Crippen molar-refractivity contribution in [2.24, 2.45) is 5.92 Å². The van der Waals surface area contributed by atoms with Gasteiger partial charge in [0.15, 0.2) is 0 Å². The lowest BCUT2D eigenvalue weighted by atomic mass is 9.87. The van der Waals surface area contributed by atoms with E-state index in [1.165, 1.54) is 61.3 Å². The lowest BCUT2D eigenvalue weighted by molar-refractivity contribution is 0.352. The van der Waals surface area contributed by atoms with Crippen LogP contribution in [0.2, 0.25) is 0 Å². The van der Waals surface area contributed by atoms with Gasteiger partial charge >= 0.3 is 0 Å². The first kappa shape index (κ1) is 20.9. The first-order valence-corrected chi connectivity index (χ1v) is 12.5. The highest BCUT2D eigenvalue weighted by molar-refractivity contribution is 7.99. The zero-order chi connectivity index (χ0) is 21.9. The summed E-state index contributed by atoms with van der Waals surface area (Å²) in [5, 5.41) is 22.1. The van der Waals surface area contributed by atoms with E-state index < -0.39 is 0 Å². The number of rotatable bonds is 5. The van der Waals surface area contributed by atoms with Crippen molar-refractivity contribution in [2.75, 3.05) is 23.7 Å². The van der Waals surface area contributed by atoms with Gasteiger partial charge in [-0.3, -0.25) is 4.98 Å². The number of nitrogens with zero attached hydrogens (tertiary/aromatic N) is 4. The molecule has 2 aromatic carbocycles. The van der Waals surface area contributed by atoms with Gasteiger partial charge in [-0.2, -0.15) is 22.3 Å². The zero-order valence-electron chi connectivity index (χ0n) is 18.1. The molecule has 2 heterocycles. The first-order chi connectivity index (χ1) is 15.7. The Balaban J connectivity index is 1.32. The SMILES string of the molecule is N#Cc1cncc(C#N)c1-c1ccc2cc(N3CCC(SCC4CCC4)CC3)ccc2c1. The number of anilines is 1. The second-order valence-corrected chi connectivity index (χ2v) is 10.2. The second kappa shape index (κ2) is 9.23. The van der Waals surface area contributed by atoms with Crippen LogP contribution in [0.3, 0.4) is 0 Å². The Morgan fingerprint density at radius 1 is 0.906 bits per heavy atom. The summed E-state index contributed by atoms with van der Waals surface area (Å²) in [6, 6.07) is 17.1. The Hall–Kier alpha value is -3.02. The lowest BCUT2D eigenvalue weighted by Crippen LogP contribution is -2.35. The molecule has 0 bridgehead atoms. The second-order valence-electron chi connectivity index (χ2n) is 8.90. The predicted molar refractivity (Wildman–Crippen MR) is 132 cm³/mol. The van der Waals surface area contributed by atoms with Crippen LogP contribution in [-0.4, -0.2) is 29.1 Å². The lowest BCUT2D eigenvalue weighted by Gasteiger charge is -2.35. The van der Waals surface area contributed by atoms with Gasteiger partial charge < -0.3 is 4.90 Å². The highest BCUT2D eigenvalue weighted by atomic mass is 32.2. The van der Waals surface area contributed by atoms with Gasteiger partial charge in [-0.25, -0.2) is 0 Å². The molecule has 1 saturated heterocycles. The molecule has 0 N–H and O–H groups in total. The first-order valence-electron chi connectivity index (χ1n) is 11.4. The molecule has 3 aromatic rings. The summed E-state index contributed by atoms with van der Waals surface area (Å²) in [7, 11) is 0. The van der Waals surface area contributed by atoms with Gasteiger partial charge in [-0.15, -0.1) is 0 Å². The summed E-state index contributed by atoms with van der Waals surface area (Å²) in [5.41, 5.74) is 3.69. The van der Waals surface area contributed by atoms with Crippen LogP contribution in [0.25, 0.3) is 21.9 Å². The van der Waals surface area contributed by atoms with Crippen LogP contribution in [-0.2, 0) is 0 Å². The van der Waals surface area contributed by atoms with Gasteiger partial charge in [-0.05, 0) is 71.9 Å². The molecular formula is C27H26N4S. The van der Waals surface area contributed by atoms with Crippen LogP contribution >= 0.6 is 11.8 Å². The summed E-state index contributed by atoms with van der Waals surface area (Å²) in [6.45, 7) is 2.25. The molecule has 1 saturated carbocycles. The monoisotopic (exact) mass is 438 g/mol. The van der Waals surface area contributed by atoms with Crippen LogP contribution < -0.4 is 4.90 Å². The molecule has 0 spiro atoms. The Labute approximate surface area is 193 Å². The van der Waals surface area contributed by atoms with Gasteiger partial charge in [-0.1, -0.05) is 24.6 Å². The number of aromatic nitrogens is 1. The Bertz CT molecular complexity index is 1180. The van der Waals surface area contributed by atoms with Gasteiger partial charge in [0.05, 0.1) is 11.1 Å². The summed E-state index contributed by atoms with van der Waals surface area (Å²) in [6.07, 6.45) is 9.92. The maximum Gasteiger partial charge on any atom is 0.101 e. The minimum Gasteiger partial charge on any atom is -0.371 e. The molecule has 5 rings (SSSR count). The topological polar surface area (TPSA) is 63.7 Å². The molecule has 0 radical (unpaired) electrons. The summed E-state index contributed by atoms with van der Waals surface area (Å²) in [4.78, 5) is 6.53. The van der Waals surface area contributed by atoms with E-state index in [0.717, 1.165) is 35.2 Å². The van der Waals surface area contributed by atoms with Gasteiger partial charge in [0.25, 0.3) is 0 Å². The maximum atomic E-state index is 9.48. The maximum absolute atomic E-state index is 9.48. The van der Waals surface area contributed by atoms with E-state index in [0.29, 0.717) is 16.7 Å². The summed E-state index contributed by atoms with van der Waals surface area (Å²) >= 11 is 2.21. The Morgan fingerprint density at radius 3 is 2.25 bits per heavy atom. The summed E-state index contributed by atoms with van der Waals surface area (Å²) < 4.78 is 0. The van der Waals surface area contributed by atoms with Crippen LogP contribution in [0.15, 0.2) is 48.8 Å². The fourth-order valence-corrected chi connectivity index (χ4v) is 6.16. The van der Waals surface area contributed by atoms with Crippen LogP contribution in [0.1, 0.15) is 43.2 Å². The molecule has 4 nitrogen and oxygen atoms in total. The van der Waals surface area contributed by atoms with Crippen molar-refractivity contribution >= 4 is 28.2 Å². The average molecular weight is 439 g/mol. The third kappa shape index (κ3) is 4.18. The number of hydrogen-bond acceptors (Lipinski definition) is 5. The number of fused-ring (bicyclic) bond motifs is 1. The van der Waals surface area contributed by atoms with Gasteiger partial charge in [0.1, 0.15) is 12.1 Å². The van der Waals surface area contributed by atoms with Crippen molar-refractivity contribution in [1.82, 2.24) is 4.98 Å². The van der Waals surface area contributed by atoms with Crippen molar-refractivity contribution in [3.63, 3.8) is 0 Å². The highest BCUT2D eigenvalue weighted by Crippen LogP contribution is 2.35. The highest BCUT2D eigenvalue weighted by Gasteiger charge is 2.23. The van der Waals surface area contributed by atoms with E-state index in [1.54, 1.807) is 0 Å². The number of pyridine rings is 1. The molecule has 1 aliphatic carbocycles. The van der Waals surface area contributed by atoms with Gasteiger partial charge in [0, 0.05) is 42.0 Å². The molecule has 5 heteroatoms. The van der Waals surface area contributed by atoms with E-state index in [4.69, 9.17) is 0 Å². The molecule has 2 fully saturated rings. The normalized spacial score (nSPS) is 17.0. The van der Waals surface area contributed by atoms with Crippen LogP contribution in [0, 0.1) is 28.6 Å². The quantitative estimate of drug-likeness (QED) is 0.478. The molecule has 1 aromatic heterocycles. The van der Waals surface area contributed by atoms with E-state index in [9.17, 15) is 10.5 Å². The molecular weight excluding hydrogens is 412 g/mol. The van der Waals surface area contributed by atoms with Crippen molar-refractivity contribution in [3.8, 4) is 23.3 Å².